The molecule has 0 saturated carbocycles. The molecule has 6 rings (SSSR count). The van der Waals surface area contributed by atoms with Crippen molar-refractivity contribution in [3.63, 3.8) is 0 Å². The molecule has 292 valence electrons. The van der Waals surface area contributed by atoms with Gasteiger partial charge in [-0.2, -0.15) is 5.10 Å². The number of carbonyl (C=O) groups excluding carboxylic acids is 4. The van der Waals surface area contributed by atoms with Gasteiger partial charge in [0.15, 0.2) is 5.69 Å². The minimum atomic E-state index is -4.33. The summed E-state index contributed by atoms with van der Waals surface area (Å²) >= 11 is 6.60. The van der Waals surface area contributed by atoms with Gasteiger partial charge in [-0.3, -0.25) is 19.2 Å². The van der Waals surface area contributed by atoms with E-state index in [1.54, 1.807) is 30.0 Å². The summed E-state index contributed by atoms with van der Waals surface area (Å²) in [6.07, 6.45) is 0.305. The zero-order chi connectivity index (χ0) is 40.2. The Labute approximate surface area is 326 Å². The minimum absolute atomic E-state index is 0.00818. The molecule has 4 amide bonds. The zero-order valence-corrected chi connectivity index (χ0v) is 31.7. The molecule has 0 unspecified atom stereocenters. The molecule has 0 fully saturated rings. The number of benzene rings is 4. The Morgan fingerprint density at radius 3 is 2.25 bits per heavy atom. The maximum atomic E-state index is 14.4. The Bertz CT molecular complexity index is 2440. The zero-order valence-electron chi connectivity index (χ0n) is 30.2. The molecule has 2 heterocycles. The first-order valence-electron chi connectivity index (χ1n) is 17.5. The maximum absolute atomic E-state index is 14.4. The number of nitrogens with one attached hydrogen (secondary N) is 3. The molecule has 0 saturated heterocycles. The van der Waals surface area contributed by atoms with Crippen LogP contribution in [-0.2, 0) is 27.8 Å². The molecule has 5 aromatic rings. The number of rotatable bonds is 13. The second kappa shape index (κ2) is 16.6. The summed E-state index contributed by atoms with van der Waals surface area (Å²) < 4.78 is 30.1. The van der Waals surface area contributed by atoms with Crippen LogP contribution in [0, 0.1) is 6.92 Å². The summed E-state index contributed by atoms with van der Waals surface area (Å²) in [7, 11) is -4.33. The Morgan fingerprint density at radius 2 is 1.54 bits per heavy atom. The van der Waals surface area contributed by atoms with Crippen molar-refractivity contribution in [3.05, 3.63) is 124 Å². The van der Waals surface area contributed by atoms with Crippen molar-refractivity contribution in [1.29, 1.82) is 0 Å². The molecule has 1 aliphatic rings. The largest absolute Gasteiger partial charge is 0.394 e. The van der Waals surface area contributed by atoms with E-state index in [4.69, 9.17) is 11.6 Å². The van der Waals surface area contributed by atoms with Crippen molar-refractivity contribution in [2.24, 2.45) is 0 Å². The first kappa shape index (κ1) is 40.0. The lowest BCUT2D eigenvalue weighted by Gasteiger charge is -2.29. The van der Waals surface area contributed by atoms with Gasteiger partial charge in [0.2, 0.25) is 5.91 Å². The Kier molecular flexibility index (Phi) is 11.9. The van der Waals surface area contributed by atoms with Crippen LogP contribution < -0.4 is 15.4 Å². The second-order valence-corrected chi connectivity index (χ2v) is 15.4. The summed E-state index contributed by atoms with van der Waals surface area (Å²) in [5.41, 5.74) is 0.481. The van der Waals surface area contributed by atoms with Crippen molar-refractivity contribution in [1.82, 2.24) is 30.0 Å². The standard InChI is InChI=1S/C39H39ClN6O9S/c1-24-34(40)35(37(52)41-16-14-33(50)42-39(21-47,22-48)23-49)43-46(24)32-13-11-28(19-31(32)38(53)45-17-15-26-7-3-5-9-29(26)20-45)36(51)44-56(54,55)30-12-10-25-6-2-4-8-27(25)18-30/h2-13,18-19,47-49H,14-17,20-23H2,1H3,(H,41,52)(H,42,50)(H,44,51). The van der Waals surface area contributed by atoms with Gasteiger partial charge in [-0.25, -0.2) is 17.8 Å². The van der Waals surface area contributed by atoms with Gasteiger partial charge in [0.05, 0.1) is 46.7 Å². The molecule has 6 N–H and O–H groups in total. The van der Waals surface area contributed by atoms with Crippen LogP contribution in [-0.4, -0.2) is 100 Å². The smallest absolute Gasteiger partial charge is 0.273 e. The van der Waals surface area contributed by atoms with Crippen molar-refractivity contribution in [2.75, 3.05) is 32.9 Å². The number of aliphatic hydroxyl groups excluding tert-OH is 3. The molecule has 1 aromatic heterocycles. The van der Waals surface area contributed by atoms with E-state index in [9.17, 15) is 42.9 Å². The molecule has 0 aliphatic carbocycles. The van der Waals surface area contributed by atoms with Crippen LogP contribution >= 0.6 is 11.6 Å². The highest BCUT2D eigenvalue weighted by molar-refractivity contribution is 7.90. The van der Waals surface area contributed by atoms with Gasteiger partial charge >= 0.3 is 0 Å². The van der Waals surface area contributed by atoms with Crippen molar-refractivity contribution in [2.45, 2.75) is 36.7 Å². The lowest BCUT2D eigenvalue weighted by Crippen LogP contribution is -2.57. The van der Waals surface area contributed by atoms with Crippen molar-refractivity contribution < 1.29 is 42.9 Å². The van der Waals surface area contributed by atoms with E-state index in [2.05, 4.69) is 20.5 Å². The molecule has 0 radical (unpaired) electrons. The number of aromatic nitrogens is 2. The molecule has 17 heteroatoms. The number of amides is 4. The van der Waals surface area contributed by atoms with Crippen molar-refractivity contribution in [3.8, 4) is 5.69 Å². The number of halogens is 1. The number of nitrogens with zero attached hydrogens (tertiary/aromatic N) is 3. The minimum Gasteiger partial charge on any atom is -0.394 e. The predicted octanol–water partition coefficient (Wildman–Crippen LogP) is 2.26. The van der Waals surface area contributed by atoms with Crippen molar-refractivity contribution >= 4 is 56.0 Å². The van der Waals surface area contributed by atoms with Gasteiger partial charge in [-0.15, -0.1) is 0 Å². The van der Waals surface area contributed by atoms with Crippen LogP contribution in [0.3, 0.4) is 0 Å². The third-order valence-corrected chi connectivity index (χ3v) is 11.4. The third-order valence-electron chi connectivity index (χ3n) is 9.60. The molecular formula is C39H39ClN6O9S. The van der Waals surface area contributed by atoms with Gasteiger partial charge in [0, 0.05) is 31.6 Å². The van der Waals surface area contributed by atoms with Crippen LogP contribution in [0.25, 0.3) is 16.5 Å². The molecule has 1 aliphatic heterocycles. The lowest BCUT2D eigenvalue weighted by atomic mass is 9.98. The van der Waals surface area contributed by atoms with E-state index in [-0.39, 0.29) is 57.6 Å². The molecule has 0 bridgehead atoms. The summed E-state index contributed by atoms with van der Waals surface area (Å²) in [5.74, 6) is -2.86. The number of hydrogen-bond donors (Lipinski definition) is 6. The Hall–Kier alpha value is -5.65. The molecule has 4 aromatic carbocycles. The van der Waals surface area contributed by atoms with Gasteiger partial charge in [0.1, 0.15) is 5.54 Å². The maximum Gasteiger partial charge on any atom is 0.273 e. The van der Waals surface area contributed by atoms with Gasteiger partial charge < -0.3 is 30.9 Å². The number of hydrogen-bond acceptors (Lipinski definition) is 10. The normalized spacial score (nSPS) is 12.9. The van der Waals surface area contributed by atoms with E-state index in [1.807, 2.05) is 36.4 Å². The fourth-order valence-electron chi connectivity index (χ4n) is 6.31. The summed E-state index contributed by atoms with van der Waals surface area (Å²) in [6, 6.07) is 23.4. The van der Waals surface area contributed by atoms with Gasteiger partial charge in [0.25, 0.3) is 27.7 Å². The fourth-order valence-corrected chi connectivity index (χ4v) is 7.52. The fraction of sp³-hybridized carbons (Fsp3) is 0.256. The topological polar surface area (TPSA) is 220 Å². The summed E-state index contributed by atoms with van der Waals surface area (Å²) in [5, 5.41) is 39.1. The molecular weight excluding hydrogens is 764 g/mol. The van der Waals surface area contributed by atoms with Crippen LogP contribution in [0.15, 0.2) is 89.8 Å². The van der Waals surface area contributed by atoms with E-state index >= 15 is 0 Å². The van der Waals surface area contributed by atoms with E-state index in [1.165, 1.54) is 35.0 Å². The van der Waals surface area contributed by atoms with E-state index in [0.29, 0.717) is 18.4 Å². The first-order valence-corrected chi connectivity index (χ1v) is 19.4. The van der Waals surface area contributed by atoms with Crippen LogP contribution in [0.2, 0.25) is 5.02 Å². The SMILES string of the molecule is Cc1c(Cl)c(C(=O)NCCC(=O)NC(CO)(CO)CO)nn1-c1ccc(C(=O)NS(=O)(=O)c2ccc3ccccc3c2)cc1C(=O)N1CCc2ccccc2C1. The first-order chi connectivity index (χ1) is 26.8. The highest BCUT2D eigenvalue weighted by atomic mass is 35.5. The number of sulfonamides is 1. The molecule has 0 spiro atoms. The van der Waals surface area contributed by atoms with Crippen LogP contribution in [0.1, 0.15) is 54.4 Å². The Morgan fingerprint density at radius 1 is 0.857 bits per heavy atom. The average Bonchev–Trinajstić information content (AvgIpc) is 3.51. The predicted molar refractivity (Wildman–Crippen MR) is 206 cm³/mol. The summed E-state index contributed by atoms with van der Waals surface area (Å²) in [6.45, 7) is -0.130. The highest BCUT2D eigenvalue weighted by Crippen LogP contribution is 2.29. The van der Waals surface area contributed by atoms with Gasteiger partial charge in [-0.05, 0) is 65.6 Å². The lowest BCUT2D eigenvalue weighted by molar-refractivity contribution is -0.125. The quantitative estimate of drug-likeness (QED) is 0.102. The molecule has 15 nitrogen and oxygen atoms in total. The average molecular weight is 803 g/mol. The van der Waals surface area contributed by atoms with Gasteiger partial charge in [-0.1, -0.05) is 66.2 Å². The van der Waals surface area contributed by atoms with E-state index < -0.39 is 59.0 Å². The summed E-state index contributed by atoms with van der Waals surface area (Å²) in [4.78, 5) is 55.0. The van der Waals surface area contributed by atoms with Crippen LogP contribution in [0.4, 0.5) is 0 Å². The number of aliphatic hydroxyl groups is 3. The Balaban J connectivity index is 1.29. The molecule has 0 atom stereocenters. The monoisotopic (exact) mass is 802 g/mol. The number of carbonyl (C=O) groups is 4. The van der Waals surface area contributed by atoms with Crippen LogP contribution in [0.5, 0.6) is 0 Å². The van der Waals surface area contributed by atoms with E-state index in [0.717, 1.165) is 16.5 Å². The second-order valence-electron chi connectivity index (χ2n) is 13.4. The third kappa shape index (κ3) is 8.29. The molecule has 56 heavy (non-hydrogen) atoms. The number of fused-ring (bicyclic) bond motifs is 2. The highest BCUT2D eigenvalue weighted by Gasteiger charge is 2.31.